The van der Waals surface area contributed by atoms with Crippen LogP contribution in [0.15, 0.2) is 67.3 Å². The molecule has 5 aromatic rings. The van der Waals surface area contributed by atoms with Crippen molar-refractivity contribution in [3.63, 3.8) is 0 Å². The lowest BCUT2D eigenvalue weighted by atomic mass is 9.93. The van der Waals surface area contributed by atoms with E-state index in [4.69, 9.17) is 0 Å². The van der Waals surface area contributed by atoms with Gasteiger partial charge in [0.25, 0.3) is 11.8 Å². The molecule has 1 N–H and O–H groups in total. The van der Waals surface area contributed by atoms with Crippen LogP contribution in [0, 0.1) is 5.92 Å². The van der Waals surface area contributed by atoms with E-state index in [-0.39, 0.29) is 18.4 Å². The molecule has 282 valence electrons. The van der Waals surface area contributed by atoms with Gasteiger partial charge >= 0.3 is 6.55 Å². The molecule has 4 aliphatic heterocycles. The van der Waals surface area contributed by atoms with Crippen molar-refractivity contribution < 1.29 is 28.0 Å². The molecule has 9 rings (SSSR count). The van der Waals surface area contributed by atoms with E-state index in [1.54, 1.807) is 42.9 Å². The number of imide groups is 2. The molecule has 3 fully saturated rings. The molecule has 7 heterocycles. The zero-order valence-electron chi connectivity index (χ0n) is 30.0. The molecule has 2 aromatic carbocycles. The number of fused-ring (bicyclic) bond motifs is 4. The Kier molecular flexibility index (Phi) is 8.95. The lowest BCUT2D eigenvalue weighted by Gasteiger charge is -2.37. The van der Waals surface area contributed by atoms with Crippen LogP contribution < -0.4 is 15.1 Å². The van der Waals surface area contributed by atoms with Crippen LogP contribution >= 0.6 is 0 Å². The van der Waals surface area contributed by atoms with Crippen molar-refractivity contribution in [3.05, 3.63) is 78.4 Å². The average Bonchev–Trinajstić information content (AvgIpc) is 3.67. The number of alkyl halides is 2. The summed E-state index contributed by atoms with van der Waals surface area (Å²) in [6.07, 6.45) is 10.1. The highest BCUT2D eigenvalue weighted by molar-refractivity contribution is 6.23. The number of carbonyl (C=O) groups is 4. The number of hydrogen-bond acceptors (Lipinski definition) is 10. The zero-order chi connectivity index (χ0) is 37.8. The Morgan fingerprint density at radius 2 is 1.51 bits per heavy atom. The number of nitrogens with zero attached hydrogens (tertiary/aromatic N) is 8. The fraction of sp³-hybridized carbons (Fsp3) is 0.375. The zero-order valence-corrected chi connectivity index (χ0v) is 30.0. The number of piperidine rings is 2. The van der Waals surface area contributed by atoms with Crippen molar-refractivity contribution in [1.29, 1.82) is 0 Å². The van der Waals surface area contributed by atoms with Crippen LogP contribution in [0.2, 0.25) is 0 Å². The quantitative estimate of drug-likeness (QED) is 0.219. The maximum atomic E-state index is 14.1. The van der Waals surface area contributed by atoms with Gasteiger partial charge in [-0.3, -0.25) is 43.8 Å². The first-order valence-corrected chi connectivity index (χ1v) is 18.8. The maximum absolute atomic E-state index is 14.1. The van der Waals surface area contributed by atoms with Gasteiger partial charge in [0.15, 0.2) is 0 Å². The first kappa shape index (κ1) is 34.9. The number of piperazine rings is 1. The number of amides is 4. The fourth-order valence-electron chi connectivity index (χ4n) is 8.59. The second kappa shape index (κ2) is 14.1. The SMILES string of the molecule is O=C1CCC(N2C(=O)c3ccc(N4CCN(CCC5CCN(c6ncc(-c7ccc8c9cnccc9n(C(F)F)c8c7)cn6)CC5)CC4)cc3C2=O)C(=O)N1. The Balaban J connectivity index is 0.758. The van der Waals surface area contributed by atoms with Crippen LogP contribution in [0.5, 0.6) is 0 Å². The van der Waals surface area contributed by atoms with E-state index in [1.165, 1.54) is 6.20 Å². The average molecular weight is 748 g/mol. The number of rotatable bonds is 8. The van der Waals surface area contributed by atoms with Crippen molar-refractivity contribution in [2.24, 2.45) is 5.92 Å². The van der Waals surface area contributed by atoms with Crippen molar-refractivity contribution in [2.45, 2.75) is 44.7 Å². The molecule has 3 saturated heterocycles. The highest BCUT2D eigenvalue weighted by Gasteiger charge is 2.45. The van der Waals surface area contributed by atoms with Gasteiger partial charge in [-0.1, -0.05) is 12.1 Å². The lowest BCUT2D eigenvalue weighted by molar-refractivity contribution is -0.136. The minimum absolute atomic E-state index is 0.0884. The van der Waals surface area contributed by atoms with E-state index in [9.17, 15) is 28.0 Å². The van der Waals surface area contributed by atoms with Crippen molar-refractivity contribution in [1.82, 2.24) is 34.6 Å². The molecule has 1 atom stereocenters. The van der Waals surface area contributed by atoms with Crippen LogP contribution in [-0.2, 0) is 9.59 Å². The van der Waals surface area contributed by atoms with E-state index in [0.29, 0.717) is 33.8 Å². The predicted octanol–water partition coefficient (Wildman–Crippen LogP) is 4.87. The summed E-state index contributed by atoms with van der Waals surface area (Å²) in [5, 5.41) is 3.66. The van der Waals surface area contributed by atoms with Crippen LogP contribution in [0.4, 0.5) is 20.4 Å². The van der Waals surface area contributed by atoms with Gasteiger partial charge in [-0.2, -0.15) is 8.78 Å². The van der Waals surface area contributed by atoms with Crippen LogP contribution in [0.1, 0.15) is 59.4 Å². The molecule has 15 heteroatoms. The number of halogens is 2. The first-order valence-electron chi connectivity index (χ1n) is 18.8. The standard InChI is InChI=1S/C40H39F2N9O4/c41-39(42)50-32-7-11-43-23-31(32)28-3-1-25(19-34(28)50)26-21-44-40(45-22-26)49-13-9-24(10-14-49)8-12-47-15-17-48(18-16-47)27-2-4-29-30(20-27)38(55)51(37(29)54)33-5-6-35(52)46-36(33)53/h1-4,7,11,19-24,33,39H,5-6,8-10,12-18H2,(H,46,52,53). The summed E-state index contributed by atoms with van der Waals surface area (Å²) < 4.78 is 29.2. The monoisotopic (exact) mass is 747 g/mol. The Morgan fingerprint density at radius 3 is 2.25 bits per heavy atom. The number of aromatic nitrogens is 4. The summed E-state index contributed by atoms with van der Waals surface area (Å²) in [6, 6.07) is 11.5. The van der Waals surface area contributed by atoms with E-state index in [1.807, 2.05) is 18.2 Å². The largest absolute Gasteiger partial charge is 0.369 e. The number of anilines is 2. The third kappa shape index (κ3) is 6.35. The van der Waals surface area contributed by atoms with Crippen molar-refractivity contribution >= 4 is 57.1 Å². The Hall–Kier alpha value is -5.83. The molecular weight excluding hydrogens is 708 g/mol. The van der Waals surface area contributed by atoms with Gasteiger partial charge in [0.2, 0.25) is 17.8 Å². The molecule has 4 amide bonds. The first-order chi connectivity index (χ1) is 26.7. The van der Waals surface area contributed by atoms with Gasteiger partial charge in [-0.25, -0.2) is 9.97 Å². The normalized spacial score (nSPS) is 20.0. The number of benzene rings is 2. The third-order valence-electron chi connectivity index (χ3n) is 11.7. The molecule has 0 bridgehead atoms. The van der Waals surface area contributed by atoms with Gasteiger partial charge in [-0.15, -0.1) is 0 Å². The molecule has 0 aliphatic carbocycles. The van der Waals surface area contributed by atoms with E-state index in [0.717, 1.165) is 96.7 Å². The van der Waals surface area contributed by atoms with E-state index >= 15 is 0 Å². The van der Waals surface area contributed by atoms with Gasteiger partial charge in [0.1, 0.15) is 6.04 Å². The molecule has 3 aromatic heterocycles. The third-order valence-corrected chi connectivity index (χ3v) is 11.7. The molecule has 55 heavy (non-hydrogen) atoms. The fourth-order valence-corrected chi connectivity index (χ4v) is 8.59. The van der Waals surface area contributed by atoms with Gasteiger partial charge in [0, 0.05) is 92.5 Å². The number of carbonyl (C=O) groups excluding carboxylic acids is 4. The highest BCUT2D eigenvalue weighted by Crippen LogP contribution is 2.36. The smallest absolute Gasteiger partial charge is 0.319 e. The summed E-state index contributed by atoms with van der Waals surface area (Å²) >= 11 is 0. The van der Waals surface area contributed by atoms with Crippen LogP contribution in [-0.4, -0.2) is 105 Å². The lowest BCUT2D eigenvalue weighted by Crippen LogP contribution is -2.54. The number of nitrogens with one attached hydrogen (secondary N) is 1. The maximum Gasteiger partial charge on any atom is 0.319 e. The number of hydrogen-bond donors (Lipinski definition) is 1. The minimum atomic E-state index is -2.68. The Labute approximate surface area is 314 Å². The summed E-state index contributed by atoms with van der Waals surface area (Å²) in [5.74, 6) is -0.716. The van der Waals surface area contributed by atoms with Crippen LogP contribution in [0.3, 0.4) is 0 Å². The summed E-state index contributed by atoms with van der Waals surface area (Å²) in [4.78, 5) is 71.8. The molecular formula is C40H39F2N9O4. The van der Waals surface area contributed by atoms with E-state index < -0.39 is 36.2 Å². The molecule has 4 aliphatic rings. The minimum Gasteiger partial charge on any atom is -0.369 e. The summed E-state index contributed by atoms with van der Waals surface area (Å²) in [7, 11) is 0. The Bertz CT molecular complexity index is 2330. The molecule has 0 spiro atoms. The molecule has 13 nitrogen and oxygen atoms in total. The molecule has 0 radical (unpaired) electrons. The van der Waals surface area contributed by atoms with Gasteiger partial charge < -0.3 is 9.80 Å². The molecule has 1 unspecified atom stereocenters. The van der Waals surface area contributed by atoms with Crippen molar-refractivity contribution in [2.75, 3.05) is 55.6 Å². The second-order valence-electron chi connectivity index (χ2n) is 14.8. The van der Waals surface area contributed by atoms with Gasteiger partial charge in [0.05, 0.1) is 22.2 Å². The Morgan fingerprint density at radius 1 is 0.745 bits per heavy atom. The summed E-state index contributed by atoms with van der Waals surface area (Å²) in [6.45, 7) is 3.43. The van der Waals surface area contributed by atoms with E-state index in [2.05, 4.69) is 35.0 Å². The predicted molar refractivity (Wildman–Crippen MR) is 201 cm³/mol. The number of pyridine rings is 1. The highest BCUT2D eigenvalue weighted by atomic mass is 19.3. The topological polar surface area (TPSA) is 137 Å². The second-order valence-corrected chi connectivity index (χ2v) is 14.8. The summed E-state index contributed by atoms with van der Waals surface area (Å²) in [5.41, 5.74) is 3.90. The van der Waals surface area contributed by atoms with Crippen LogP contribution in [0.25, 0.3) is 32.9 Å². The molecule has 0 saturated carbocycles. The van der Waals surface area contributed by atoms with Gasteiger partial charge in [-0.05, 0) is 74.0 Å². The van der Waals surface area contributed by atoms with Crippen molar-refractivity contribution in [3.8, 4) is 11.1 Å².